The maximum atomic E-state index is 8.73. The zero-order valence-electron chi connectivity index (χ0n) is 9.42. The van der Waals surface area contributed by atoms with Crippen LogP contribution in [0.15, 0.2) is 48.5 Å². The minimum atomic E-state index is 0.657. The van der Waals surface area contributed by atoms with E-state index in [-0.39, 0.29) is 0 Å². The van der Waals surface area contributed by atoms with Crippen molar-refractivity contribution in [3.63, 3.8) is 0 Å². The van der Waals surface area contributed by atoms with E-state index in [9.17, 15) is 0 Å². The number of para-hydroxylation sites is 1. The van der Waals surface area contributed by atoms with Crippen LogP contribution in [-0.2, 0) is 0 Å². The van der Waals surface area contributed by atoms with E-state index in [1.807, 2.05) is 30.3 Å². The third-order valence-corrected chi connectivity index (χ3v) is 3.51. The minimum Gasteiger partial charge on any atom is -0.332 e. The van der Waals surface area contributed by atoms with Gasteiger partial charge in [0.1, 0.15) is 0 Å². The second kappa shape index (κ2) is 4.47. The predicted molar refractivity (Wildman–Crippen MR) is 74.1 cm³/mol. The molecule has 3 aromatic rings. The topological polar surface area (TPSA) is 48.7 Å². The lowest BCUT2D eigenvalue weighted by atomic mass is 10.2. The van der Waals surface area contributed by atoms with Gasteiger partial charge in [0, 0.05) is 5.69 Å². The minimum absolute atomic E-state index is 0.657. The summed E-state index contributed by atoms with van der Waals surface area (Å²) in [5, 5.41) is 12.8. The quantitative estimate of drug-likeness (QED) is 0.751. The summed E-state index contributed by atoms with van der Waals surface area (Å²) in [4.78, 5) is 4.49. The Kier molecular flexibility index (Phi) is 2.67. The highest BCUT2D eigenvalue weighted by Crippen LogP contribution is 2.27. The number of benzene rings is 2. The summed E-state index contributed by atoms with van der Waals surface area (Å²) in [7, 11) is 0. The Labute approximate surface area is 108 Å². The smallest absolute Gasteiger partial charge is 0.188 e. The highest BCUT2D eigenvalue weighted by atomic mass is 32.1. The molecule has 0 radical (unpaired) electrons. The fourth-order valence-corrected chi connectivity index (χ4v) is 2.56. The van der Waals surface area contributed by atoms with Crippen molar-refractivity contribution in [1.82, 2.24) is 4.98 Å². The van der Waals surface area contributed by atoms with Gasteiger partial charge >= 0.3 is 0 Å². The van der Waals surface area contributed by atoms with Crippen molar-refractivity contribution in [3.05, 3.63) is 54.1 Å². The van der Waals surface area contributed by atoms with Crippen LogP contribution in [0.5, 0.6) is 0 Å². The maximum absolute atomic E-state index is 8.73. The molecule has 0 saturated carbocycles. The van der Waals surface area contributed by atoms with E-state index in [1.165, 1.54) is 0 Å². The van der Waals surface area contributed by atoms with Gasteiger partial charge in [-0.2, -0.15) is 5.26 Å². The largest absolute Gasteiger partial charge is 0.332 e. The van der Waals surface area contributed by atoms with Crippen LogP contribution >= 0.6 is 11.3 Å². The molecule has 0 amide bonds. The van der Waals surface area contributed by atoms with Crippen molar-refractivity contribution in [3.8, 4) is 6.07 Å². The summed E-state index contributed by atoms with van der Waals surface area (Å²) < 4.78 is 1.16. The van der Waals surface area contributed by atoms with Crippen LogP contribution < -0.4 is 5.32 Å². The van der Waals surface area contributed by atoms with Gasteiger partial charge in [-0.25, -0.2) is 4.98 Å². The second-order valence-corrected chi connectivity index (χ2v) is 4.83. The number of fused-ring (bicyclic) bond motifs is 1. The molecule has 1 aromatic heterocycles. The molecule has 1 N–H and O–H groups in total. The van der Waals surface area contributed by atoms with Crippen LogP contribution in [0.25, 0.3) is 10.2 Å². The zero-order valence-corrected chi connectivity index (χ0v) is 10.2. The van der Waals surface area contributed by atoms with Gasteiger partial charge in [-0.05, 0) is 36.4 Å². The Bertz CT molecular complexity index is 690. The molecule has 3 nitrogen and oxygen atoms in total. The molecule has 1 heterocycles. The number of thiazole rings is 1. The molecule has 0 aliphatic rings. The molecule has 4 heteroatoms. The molecule has 0 unspecified atom stereocenters. The zero-order chi connectivity index (χ0) is 12.4. The van der Waals surface area contributed by atoms with Crippen molar-refractivity contribution >= 4 is 32.4 Å². The second-order valence-electron chi connectivity index (χ2n) is 3.80. The van der Waals surface area contributed by atoms with E-state index >= 15 is 0 Å². The number of hydrogen-bond donors (Lipinski definition) is 1. The summed E-state index contributed by atoms with van der Waals surface area (Å²) in [5.41, 5.74) is 2.59. The molecule has 0 fully saturated rings. The lowest BCUT2D eigenvalue weighted by molar-refractivity contribution is 1.43. The van der Waals surface area contributed by atoms with Gasteiger partial charge in [0.25, 0.3) is 0 Å². The number of aromatic nitrogens is 1. The molecule has 0 aliphatic carbocycles. The van der Waals surface area contributed by atoms with Crippen molar-refractivity contribution in [1.29, 1.82) is 5.26 Å². The Morgan fingerprint density at radius 2 is 1.83 bits per heavy atom. The van der Waals surface area contributed by atoms with Crippen LogP contribution in [0, 0.1) is 11.3 Å². The Balaban J connectivity index is 1.89. The third kappa shape index (κ3) is 2.04. The van der Waals surface area contributed by atoms with E-state index in [1.54, 1.807) is 23.5 Å². The van der Waals surface area contributed by atoms with Crippen LogP contribution in [0.1, 0.15) is 5.56 Å². The van der Waals surface area contributed by atoms with E-state index in [4.69, 9.17) is 5.26 Å². The monoisotopic (exact) mass is 251 g/mol. The van der Waals surface area contributed by atoms with Crippen LogP contribution in [-0.4, -0.2) is 4.98 Å². The van der Waals surface area contributed by atoms with Gasteiger partial charge < -0.3 is 5.32 Å². The van der Waals surface area contributed by atoms with E-state index < -0.39 is 0 Å². The van der Waals surface area contributed by atoms with Gasteiger partial charge in [0.05, 0.1) is 21.8 Å². The first kappa shape index (κ1) is 10.8. The normalized spacial score (nSPS) is 10.2. The fraction of sp³-hybridized carbons (Fsp3) is 0. The average molecular weight is 251 g/mol. The summed E-state index contributed by atoms with van der Waals surface area (Å²) >= 11 is 1.61. The average Bonchev–Trinajstić information content (AvgIpc) is 2.82. The summed E-state index contributed by atoms with van der Waals surface area (Å²) in [5.74, 6) is 0. The standard InChI is InChI=1S/C14H9N3S/c15-9-10-5-7-11(8-6-10)16-14-17-12-3-1-2-4-13(12)18-14/h1-8H,(H,16,17). The fourth-order valence-electron chi connectivity index (χ4n) is 1.68. The molecular weight excluding hydrogens is 242 g/mol. The van der Waals surface area contributed by atoms with Gasteiger partial charge in [0.15, 0.2) is 5.13 Å². The first-order valence-corrected chi connectivity index (χ1v) is 6.29. The summed E-state index contributed by atoms with van der Waals surface area (Å²) in [6.07, 6.45) is 0. The molecule has 18 heavy (non-hydrogen) atoms. The molecule has 3 rings (SSSR count). The highest BCUT2D eigenvalue weighted by Gasteiger charge is 2.02. The van der Waals surface area contributed by atoms with Gasteiger partial charge in [-0.1, -0.05) is 23.5 Å². The number of nitrogens with one attached hydrogen (secondary N) is 1. The molecular formula is C14H9N3S. The number of nitriles is 1. The van der Waals surface area contributed by atoms with Crippen LogP contribution in [0.3, 0.4) is 0 Å². The van der Waals surface area contributed by atoms with E-state index in [0.717, 1.165) is 21.0 Å². The Hall–Kier alpha value is -2.38. The van der Waals surface area contributed by atoms with Crippen molar-refractivity contribution < 1.29 is 0 Å². The first-order chi connectivity index (χ1) is 8.85. The van der Waals surface area contributed by atoms with Gasteiger partial charge in [-0.15, -0.1) is 0 Å². The Morgan fingerprint density at radius 3 is 2.56 bits per heavy atom. The van der Waals surface area contributed by atoms with Crippen molar-refractivity contribution in [2.24, 2.45) is 0 Å². The van der Waals surface area contributed by atoms with Crippen LogP contribution in [0.2, 0.25) is 0 Å². The number of hydrogen-bond acceptors (Lipinski definition) is 4. The summed E-state index contributed by atoms with van der Waals surface area (Å²) in [6.45, 7) is 0. The highest BCUT2D eigenvalue weighted by molar-refractivity contribution is 7.22. The SMILES string of the molecule is N#Cc1ccc(Nc2nc3ccccc3s2)cc1. The molecule has 86 valence electrons. The third-order valence-electron chi connectivity index (χ3n) is 2.56. The van der Waals surface area contributed by atoms with E-state index in [2.05, 4.69) is 22.4 Å². The molecule has 0 atom stereocenters. The lowest BCUT2D eigenvalue weighted by Gasteiger charge is -2.01. The molecule has 0 spiro atoms. The van der Waals surface area contributed by atoms with Crippen molar-refractivity contribution in [2.45, 2.75) is 0 Å². The predicted octanol–water partition coefficient (Wildman–Crippen LogP) is 3.91. The van der Waals surface area contributed by atoms with Crippen molar-refractivity contribution in [2.75, 3.05) is 5.32 Å². The maximum Gasteiger partial charge on any atom is 0.188 e. The number of anilines is 2. The van der Waals surface area contributed by atoms with Gasteiger partial charge in [-0.3, -0.25) is 0 Å². The molecule has 0 saturated heterocycles. The molecule has 0 aliphatic heterocycles. The van der Waals surface area contributed by atoms with Crippen LogP contribution in [0.4, 0.5) is 10.8 Å². The first-order valence-electron chi connectivity index (χ1n) is 5.48. The lowest BCUT2D eigenvalue weighted by Crippen LogP contribution is -1.88. The Morgan fingerprint density at radius 1 is 1.06 bits per heavy atom. The van der Waals surface area contributed by atoms with E-state index in [0.29, 0.717) is 5.56 Å². The number of nitrogens with zero attached hydrogens (tertiary/aromatic N) is 2. The number of rotatable bonds is 2. The van der Waals surface area contributed by atoms with Gasteiger partial charge in [0.2, 0.25) is 0 Å². The molecule has 0 bridgehead atoms. The molecule has 2 aromatic carbocycles. The summed E-state index contributed by atoms with van der Waals surface area (Å²) in [6, 6.07) is 17.5.